The molecule has 0 saturated carbocycles. The maximum absolute atomic E-state index is 12.4. The molecule has 134 valence electrons. The quantitative estimate of drug-likeness (QED) is 0.868. The largest absolute Gasteiger partial charge is 0.497 e. The van der Waals surface area contributed by atoms with Crippen LogP contribution >= 0.6 is 0 Å². The third-order valence-electron chi connectivity index (χ3n) is 3.11. The lowest BCUT2D eigenvalue weighted by Crippen LogP contribution is -2.31. The summed E-state index contributed by atoms with van der Waals surface area (Å²) in [7, 11) is 1.45. The van der Waals surface area contributed by atoms with Crippen molar-refractivity contribution in [2.75, 3.05) is 17.7 Å². The summed E-state index contributed by atoms with van der Waals surface area (Å²) in [6.45, 7) is 0. The Morgan fingerprint density at radius 3 is 2.38 bits per heavy atom. The predicted molar refractivity (Wildman–Crippen MR) is 84.6 cm³/mol. The van der Waals surface area contributed by atoms with E-state index < -0.39 is 23.8 Å². The Morgan fingerprint density at radius 2 is 1.85 bits per heavy atom. The molecule has 26 heavy (non-hydrogen) atoms. The van der Waals surface area contributed by atoms with Crippen LogP contribution in [0.5, 0.6) is 5.75 Å². The summed E-state index contributed by atoms with van der Waals surface area (Å²) >= 11 is 0. The lowest BCUT2D eigenvalue weighted by Gasteiger charge is -2.13. The highest BCUT2D eigenvalue weighted by Gasteiger charge is 2.39. The summed E-state index contributed by atoms with van der Waals surface area (Å²) in [4.78, 5) is 26.9. The monoisotopic (exact) mass is 364 g/mol. The van der Waals surface area contributed by atoms with E-state index in [0.717, 1.165) is 12.3 Å². The van der Waals surface area contributed by atoms with Gasteiger partial charge in [-0.25, -0.2) is 4.98 Å². The van der Waals surface area contributed by atoms with Crippen molar-refractivity contribution in [2.45, 2.75) is 6.18 Å². The third kappa shape index (κ3) is 4.47. The first kappa shape index (κ1) is 18.7. The van der Waals surface area contributed by atoms with Crippen molar-refractivity contribution >= 4 is 23.3 Å². The van der Waals surface area contributed by atoms with E-state index in [2.05, 4.69) is 10.3 Å². The zero-order chi connectivity index (χ0) is 19.3. The number of benzene rings is 1. The van der Waals surface area contributed by atoms with Crippen molar-refractivity contribution in [3.05, 3.63) is 47.7 Å². The average Bonchev–Trinajstić information content (AvgIpc) is 2.62. The minimum atomic E-state index is -5.13. The first-order valence-corrected chi connectivity index (χ1v) is 6.98. The number of nitriles is 1. The second-order valence-corrected chi connectivity index (χ2v) is 4.87. The van der Waals surface area contributed by atoms with Crippen molar-refractivity contribution in [3.63, 3.8) is 0 Å². The Morgan fingerprint density at radius 1 is 1.19 bits per heavy atom. The summed E-state index contributed by atoms with van der Waals surface area (Å²) in [6, 6.07) is 8.75. The molecule has 0 aliphatic carbocycles. The molecule has 7 nitrogen and oxygen atoms in total. The molecule has 2 rings (SSSR count). The molecule has 0 spiro atoms. The van der Waals surface area contributed by atoms with E-state index in [9.17, 15) is 22.8 Å². The van der Waals surface area contributed by atoms with Crippen molar-refractivity contribution in [3.8, 4) is 11.8 Å². The molecular formula is C16H11F3N4O3. The first-order chi connectivity index (χ1) is 12.2. The molecule has 0 atom stereocenters. The highest BCUT2D eigenvalue weighted by Crippen LogP contribution is 2.24. The van der Waals surface area contributed by atoms with Gasteiger partial charge in [-0.1, -0.05) is 0 Å². The number of hydrogen-bond acceptors (Lipinski definition) is 5. The van der Waals surface area contributed by atoms with Crippen LogP contribution in [0.1, 0.15) is 15.9 Å². The lowest BCUT2D eigenvalue weighted by molar-refractivity contribution is -0.167. The van der Waals surface area contributed by atoms with Crippen LogP contribution in [0.4, 0.5) is 24.7 Å². The van der Waals surface area contributed by atoms with E-state index in [1.807, 2.05) is 0 Å². The number of aromatic nitrogens is 1. The number of carbonyl (C=O) groups is 2. The van der Waals surface area contributed by atoms with Gasteiger partial charge in [0.05, 0.1) is 18.4 Å². The molecule has 0 aliphatic rings. The summed E-state index contributed by atoms with van der Waals surface area (Å²) in [5, 5.41) is 12.8. The number of pyridine rings is 1. The second kappa shape index (κ2) is 7.52. The molecule has 0 fully saturated rings. The maximum Gasteiger partial charge on any atom is 0.471 e. The SMILES string of the molecule is COc1ccc(C(=O)Nc2cc(C#N)cnc2NC(=O)C(F)(F)F)cc1. The topological polar surface area (TPSA) is 104 Å². The Kier molecular flexibility index (Phi) is 5.42. The molecule has 2 aromatic rings. The molecule has 2 amide bonds. The van der Waals surface area contributed by atoms with Crippen LogP contribution in [0.3, 0.4) is 0 Å². The number of ether oxygens (including phenoxy) is 1. The van der Waals surface area contributed by atoms with E-state index in [4.69, 9.17) is 10.00 Å². The number of methoxy groups -OCH3 is 1. The normalized spacial score (nSPS) is 10.6. The smallest absolute Gasteiger partial charge is 0.471 e. The molecule has 0 bridgehead atoms. The fourth-order valence-corrected chi connectivity index (χ4v) is 1.84. The van der Waals surface area contributed by atoms with E-state index >= 15 is 0 Å². The number of rotatable bonds is 4. The van der Waals surface area contributed by atoms with Crippen LogP contribution in [0.2, 0.25) is 0 Å². The van der Waals surface area contributed by atoms with Gasteiger partial charge in [-0.2, -0.15) is 18.4 Å². The summed E-state index contributed by atoms with van der Waals surface area (Å²) in [6.07, 6.45) is -4.16. The van der Waals surface area contributed by atoms with Gasteiger partial charge in [0.25, 0.3) is 5.91 Å². The van der Waals surface area contributed by atoms with E-state index in [1.165, 1.54) is 31.4 Å². The van der Waals surface area contributed by atoms with Gasteiger partial charge < -0.3 is 15.4 Å². The van der Waals surface area contributed by atoms with Crippen molar-refractivity contribution in [1.29, 1.82) is 5.26 Å². The molecule has 0 saturated heterocycles. The summed E-state index contributed by atoms with van der Waals surface area (Å²) in [5.74, 6) is -2.96. The van der Waals surface area contributed by atoms with Gasteiger partial charge >= 0.3 is 12.1 Å². The van der Waals surface area contributed by atoms with E-state index in [0.29, 0.717) is 5.75 Å². The van der Waals surface area contributed by atoms with Crippen molar-refractivity contribution < 1.29 is 27.5 Å². The minimum absolute atomic E-state index is 0.0139. The number of amides is 2. The Labute approximate surface area is 145 Å². The van der Waals surface area contributed by atoms with Gasteiger partial charge in [0.2, 0.25) is 0 Å². The van der Waals surface area contributed by atoms with Gasteiger partial charge in [-0.15, -0.1) is 0 Å². The van der Waals surface area contributed by atoms with Crippen LogP contribution in [-0.4, -0.2) is 30.1 Å². The molecule has 1 aromatic heterocycles. The van der Waals surface area contributed by atoms with Crippen LogP contribution in [0.25, 0.3) is 0 Å². The Bertz CT molecular complexity index is 874. The highest BCUT2D eigenvalue weighted by atomic mass is 19.4. The van der Waals surface area contributed by atoms with Crippen molar-refractivity contribution in [2.24, 2.45) is 0 Å². The van der Waals surface area contributed by atoms with Crippen molar-refractivity contribution in [1.82, 2.24) is 4.98 Å². The molecule has 10 heteroatoms. The predicted octanol–water partition coefficient (Wildman–Crippen LogP) is 2.71. The summed E-state index contributed by atoms with van der Waals surface area (Å²) < 4.78 is 42.2. The first-order valence-electron chi connectivity index (χ1n) is 6.98. The van der Waals surface area contributed by atoms with Crippen LogP contribution in [0, 0.1) is 11.3 Å². The van der Waals surface area contributed by atoms with Crippen LogP contribution in [0.15, 0.2) is 36.5 Å². The third-order valence-corrected chi connectivity index (χ3v) is 3.11. The van der Waals surface area contributed by atoms with Gasteiger partial charge in [0, 0.05) is 11.8 Å². The lowest BCUT2D eigenvalue weighted by atomic mass is 10.2. The molecule has 1 heterocycles. The molecule has 0 aliphatic heterocycles. The number of nitrogens with zero attached hydrogens (tertiary/aromatic N) is 2. The molecule has 0 unspecified atom stereocenters. The Hall–Kier alpha value is -3.61. The number of anilines is 2. The van der Waals surface area contributed by atoms with Gasteiger partial charge in [-0.05, 0) is 30.3 Å². The van der Waals surface area contributed by atoms with Gasteiger partial charge in [0.15, 0.2) is 5.82 Å². The maximum atomic E-state index is 12.4. The van der Waals surface area contributed by atoms with Gasteiger partial charge in [-0.3, -0.25) is 9.59 Å². The zero-order valence-electron chi connectivity index (χ0n) is 13.2. The van der Waals surface area contributed by atoms with E-state index in [-0.39, 0.29) is 16.8 Å². The van der Waals surface area contributed by atoms with Gasteiger partial charge in [0.1, 0.15) is 11.8 Å². The second-order valence-electron chi connectivity index (χ2n) is 4.87. The number of nitrogens with one attached hydrogen (secondary N) is 2. The van der Waals surface area contributed by atoms with E-state index in [1.54, 1.807) is 11.4 Å². The summed E-state index contributed by atoms with van der Waals surface area (Å²) in [5.41, 5.74) is -0.0798. The number of alkyl halides is 3. The number of carbonyl (C=O) groups excluding carboxylic acids is 2. The molecule has 2 N–H and O–H groups in total. The molecule has 0 radical (unpaired) electrons. The molecular weight excluding hydrogens is 353 g/mol. The minimum Gasteiger partial charge on any atom is -0.497 e. The number of halogens is 3. The fourth-order valence-electron chi connectivity index (χ4n) is 1.84. The highest BCUT2D eigenvalue weighted by molar-refractivity contribution is 6.07. The Balaban J connectivity index is 2.29. The fraction of sp³-hybridized carbons (Fsp3) is 0.125. The average molecular weight is 364 g/mol. The van der Waals surface area contributed by atoms with Crippen LogP contribution < -0.4 is 15.4 Å². The molecule has 1 aromatic carbocycles. The standard InChI is InChI=1S/C16H11F3N4O3/c1-26-11-4-2-10(3-5-11)14(24)22-12-6-9(7-20)8-21-13(12)23-15(25)16(17,18)19/h2-6,8H,1H3,(H,22,24)(H,21,23,25). The van der Waals surface area contributed by atoms with Crippen LogP contribution in [-0.2, 0) is 4.79 Å². The zero-order valence-corrected chi connectivity index (χ0v) is 13.2. The number of hydrogen-bond donors (Lipinski definition) is 2.